The molecule has 3 heteroatoms. The molecule has 18 heavy (non-hydrogen) atoms. The molecule has 1 fully saturated rings. The molecule has 0 aromatic carbocycles. The first-order valence-electron chi connectivity index (χ1n) is 7.18. The van der Waals surface area contributed by atoms with E-state index in [1.807, 2.05) is 0 Å². The molecule has 1 aromatic rings. The monoisotopic (exact) mass is 283 g/mol. The van der Waals surface area contributed by atoms with Gasteiger partial charge in [0.1, 0.15) is 0 Å². The van der Waals surface area contributed by atoms with Gasteiger partial charge in [0.05, 0.1) is 4.34 Å². The lowest BCUT2D eigenvalue weighted by molar-refractivity contribution is 0.200. The highest BCUT2D eigenvalue weighted by molar-refractivity contribution is 7.16. The minimum Gasteiger partial charge on any atom is -0.309 e. The second kappa shape index (κ2) is 5.15. The fraction of sp³-hybridized carbons (Fsp3) is 0.733. The van der Waals surface area contributed by atoms with E-state index in [0.717, 1.165) is 4.34 Å². The number of fused-ring (bicyclic) bond motifs is 1. The van der Waals surface area contributed by atoms with Crippen LogP contribution >= 0.6 is 22.9 Å². The third-order valence-corrected chi connectivity index (χ3v) is 6.02. The lowest BCUT2D eigenvalue weighted by atomic mass is 9.75. The minimum absolute atomic E-state index is 0.529. The van der Waals surface area contributed by atoms with Crippen molar-refractivity contribution in [1.29, 1.82) is 0 Å². The van der Waals surface area contributed by atoms with Crippen LogP contribution in [0.2, 0.25) is 4.34 Å². The van der Waals surface area contributed by atoms with Crippen molar-refractivity contribution >= 4 is 22.9 Å². The van der Waals surface area contributed by atoms with Crippen molar-refractivity contribution in [2.45, 2.75) is 57.9 Å². The molecule has 0 spiro atoms. The third-order valence-electron chi connectivity index (χ3n) is 4.68. The molecule has 0 amide bonds. The number of thiophene rings is 1. The quantitative estimate of drug-likeness (QED) is 0.828. The average molecular weight is 284 g/mol. The predicted molar refractivity (Wildman–Crippen MR) is 79.6 cm³/mol. The van der Waals surface area contributed by atoms with Crippen LogP contribution in [0.3, 0.4) is 0 Å². The summed E-state index contributed by atoms with van der Waals surface area (Å²) in [4.78, 5) is 1.51. The topological polar surface area (TPSA) is 12.0 Å². The molecule has 1 saturated carbocycles. The molecule has 0 aliphatic heterocycles. The summed E-state index contributed by atoms with van der Waals surface area (Å²) in [6, 6.07) is 2.73. The van der Waals surface area contributed by atoms with Crippen LogP contribution in [-0.4, -0.2) is 6.54 Å². The first kappa shape index (κ1) is 13.0. The number of rotatable bonds is 3. The Morgan fingerprint density at radius 2 is 2.17 bits per heavy atom. The third kappa shape index (κ3) is 2.61. The van der Waals surface area contributed by atoms with Crippen molar-refractivity contribution in [3.63, 3.8) is 0 Å². The Bertz CT molecular complexity index is 420. The number of hydrogen-bond acceptors (Lipinski definition) is 2. The molecule has 1 aromatic heterocycles. The summed E-state index contributed by atoms with van der Waals surface area (Å²) in [6.07, 6.45) is 9.52. The minimum atomic E-state index is 0.529. The molecule has 2 aliphatic rings. The van der Waals surface area contributed by atoms with E-state index >= 15 is 0 Å². The molecule has 1 N–H and O–H groups in total. The lowest BCUT2D eigenvalue weighted by Crippen LogP contribution is -2.35. The van der Waals surface area contributed by atoms with E-state index in [9.17, 15) is 0 Å². The van der Waals surface area contributed by atoms with Gasteiger partial charge in [-0.1, -0.05) is 37.8 Å². The molecule has 0 saturated heterocycles. The van der Waals surface area contributed by atoms with E-state index in [0.29, 0.717) is 11.5 Å². The van der Waals surface area contributed by atoms with Crippen LogP contribution < -0.4 is 5.32 Å². The molecule has 1 heterocycles. The van der Waals surface area contributed by atoms with Crippen molar-refractivity contribution < 1.29 is 0 Å². The van der Waals surface area contributed by atoms with E-state index in [-0.39, 0.29) is 0 Å². The fourth-order valence-electron chi connectivity index (χ4n) is 3.49. The number of hydrogen-bond donors (Lipinski definition) is 1. The molecule has 1 atom stereocenters. The second-order valence-corrected chi connectivity index (χ2v) is 8.04. The summed E-state index contributed by atoms with van der Waals surface area (Å²) < 4.78 is 0.954. The van der Waals surface area contributed by atoms with Gasteiger partial charge in [-0.15, -0.1) is 11.3 Å². The van der Waals surface area contributed by atoms with Gasteiger partial charge in [0.15, 0.2) is 0 Å². The van der Waals surface area contributed by atoms with Gasteiger partial charge < -0.3 is 5.32 Å². The van der Waals surface area contributed by atoms with E-state index in [2.05, 4.69) is 18.3 Å². The Labute approximate surface area is 119 Å². The van der Waals surface area contributed by atoms with Crippen molar-refractivity contribution in [3.8, 4) is 0 Å². The summed E-state index contributed by atoms with van der Waals surface area (Å²) in [5, 5.41) is 3.81. The summed E-state index contributed by atoms with van der Waals surface area (Å²) in [5.41, 5.74) is 2.00. The van der Waals surface area contributed by atoms with E-state index in [1.165, 1.54) is 61.9 Å². The van der Waals surface area contributed by atoms with Gasteiger partial charge >= 0.3 is 0 Å². The first-order valence-corrected chi connectivity index (χ1v) is 8.37. The highest BCUT2D eigenvalue weighted by Gasteiger charge is 2.30. The van der Waals surface area contributed by atoms with Crippen molar-refractivity contribution in [3.05, 3.63) is 20.8 Å². The molecule has 0 radical (unpaired) electrons. The molecular formula is C15H22ClNS. The number of nitrogens with one attached hydrogen (secondary N) is 1. The van der Waals surface area contributed by atoms with Crippen LogP contribution in [0.4, 0.5) is 0 Å². The lowest BCUT2D eigenvalue weighted by Gasteiger charge is -2.35. The van der Waals surface area contributed by atoms with Gasteiger partial charge in [-0.2, -0.15) is 0 Å². The summed E-state index contributed by atoms with van der Waals surface area (Å²) in [7, 11) is 0. The Kier molecular flexibility index (Phi) is 3.70. The zero-order valence-corrected chi connectivity index (χ0v) is 12.7. The van der Waals surface area contributed by atoms with E-state index < -0.39 is 0 Å². The van der Waals surface area contributed by atoms with Crippen molar-refractivity contribution in [1.82, 2.24) is 5.32 Å². The highest BCUT2D eigenvalue weighted by atomic mass is 35.5. The Morgan fingerprint density at radius 3 is 2.94 bits per heavy atom. The molecular weight excluding hydrogens is 262 g/mol. The maximum Gasteiger partial charge on any atom is 0.0934 e. The highest BCUT2D eigenvalue weighted by Crippen LogP contribution is 2.41. The zero-order valence-electron chi connectivity index (χ0n) is 11.1. The smallest absolute Gasteiger partial charge is 0.0934 e. The fourth-order valence-corrected chi connectivity index (χ4v) is 4.85. The number of aryl methyl sites for hydroxylation is 1. The zero-order chi connectivity index (χ0) is 12.6. The van der Waals surface area contributed by atoms with Crippen LogP contribution in [-0.2, 0) is 6.42 Å². The molecule has 2 aliphatic carbocycles. The molecule has 1 nitrogen and oxygen atoms in total. The molecule has 100 valence electrons. The number of halogens is 1. The summed E-state index contributed by atoms with van der Waals surface area (Å²) in [5.74, 6) is 0. The van der Waals surface area contributed by atoms with Crippen LogP contribution in [0, 0.1) is 5.41 Å². The van der Waals surface area contributed by atoms with Crippen LogP contribution in [0.5, 0.6) is 0 Å². The second-order valence-electron chi connectivity index (χ2n) is 6.27. The van der Waals surface area contributed by atoms with Gasteiger partial charge in [-0.05, 0) is 42.7 Å². The van der Waals surface area contributed by atoms with Crippen molar-refractivity contribution in [2.24, 2.45) is 5.41 Å². The summed E-state index contributed by atoms with van der Waals surface area (Å²) >= 11 is 7.88. The average Bonchev–Trinajstić information content (AvgIpc) is 2.87. The van der Waals surface area contributed by atoms with E-state index in [1.54, 1.807) is 11.3 Å². The maximum absolute atomic E-state index is 6.11. The molecule has 3 rings (SSSR count). The van der Waals surface area contributed by atoms with Gasteiger partial charge in [0.2, 0.25) is 0 Å². The Balaban J connectivity index is 1.61. The SMILES string of the molecule is CC1(CNC2CCc3sc(Cl)cc32)CCCCC1. The van der Waals surface area contributed by atoms with Gasteiger partial charge in [-0.25, -0.2) is 0 Å². The van der Waals surface area contributed by atoms with Gasteiger partial charge in [-0.3, -0.25) is 0 Å². The molecule has 1 unspecified atom stereocenters. The Hall–Kier alpha value is -0.0500. The Morgan fingerprint density at radius 1 is 1.39 bits per heavy atom. The van der Waals surface area contributed by atoms with Gasteiger partial charge in [0, 0.05) is 17.5 Å². The van der Waals surface area contributed by atoms with E-state index in [4.69, 9.17) is 11.6 Å². The predicted octanol–water partition coefficient (Wildman–Crippen LogP) is 4.95. The molecule has 0 bridgehead atoms. The van der Waals surface area contributed by atoms with Crippen LogP contribution in [0.15, 0.2) is 6.07 Å². The van der Waals surface area contributed by atoms with Crippen LogP contribution in [0.25, 0.3) is 0 Å². The summed E-state index contributed by atoms with van der Waals surface area (Å²) in [6.45, 7) is 3.63. The van der Waals surface area contributed by atoms with Crippen LogP contribution in [0.1, 0.15) is 61.9 Å². The van der Waals surface area contributed by atoms with Gasteiger partial charge in [0.25, 0.3) is 0 Å². The maximum atomic E-state index is 6.11. The van der Waals surface area contributed by atoms with Crippen molar-refractivity contribution in [2.75, 3.05) is 6.54 Å². The normalized spacial score (nSPS) is 26.2. The first-order chi connectivity index (χ1) is 8.66. The standard InChI is InChI=1S/C15H22ClNS/c1-15(7-3-2-4-8-15)10-17-12-5-6-13-11(12)9-14(16)18-13/h9,12,17H,2-8,10H2,1H3. The largest absolute Gasteiger partial charge is 0.309 e.